The number of aliphatic hydroxyl groups excluding tert-OH is 1. The van der Waals surface area contributed by atoms with Gasteiger partial charge < -0.3 is 20.6 Å². The Morgan fingerprint density at radius 1 is 1.47 bits per heavy atom. The lowest BCUT2D eigenvalue weighted by atomic mass is 10.3. The van der Waals surface area contributed by atoms with Gasteiger partial charge in [0.05, 0.1) is 6.61 Å². The second-order valence-corrected chi connectivity index (χ2v) is 3.82. The first-order chi connectivity index (χ1) is 9.10. The molecule has 0 radical (unpaired) electrons. The zero-order chi connectivity index (χ0) is 13.8. The summed E-state index contributed by atoms with van der Waals surface area (Å²) in [6, 6.07) is 4.53. The minimum atomic E-state index is -0.771. The van der Waals surface area contributed by atoms with Crippen molar-refractivity contribution in [1.29, 1.82) is 0 Å². The molecule has 1 aromatic heterocycles. The molecule has 7 heteroatoms. The molecule has 1 unspecified atom stereocenters. The van der Waals surface area contributed by atoms with Crippen molar-refractivity contribution in [2.75, 3.05) is 11.9 Å². The van der Waals surface area contributed by atoms with Crippen LogP contribution in [0.4, 0.5) is 10.1 Å². The van der Waals surface area contributed by atoms with Crippen LogP contribution in [0.3, 0.4) is 0 Å². The molecule has 4 N–H and O–H groups in total. The van der Waals surface area contributed by atoms with Crippen molar-refractivity contribution in [3.05, 3.63) is 47.9 Å². The lowest BCUT2D eigenvalue weighted by Crippen LogP contribution is -2.16. The summed E-state index contributed by atoms with van der Waals surface area (Å²) < 4.78 is 17.7. The molecule has 0 saturated heterocycles. The summed E-state index contributed by atoms with van der Waals surface area (Å²) >= 11 is 0. The maximum Gasteiger partial charge on any atom is 0.277 e. The smallest absolute Gasteiger partial charge is 0.277 e. The number of halogens is 1. The number of oxazole rings is 1. The summed E-state index contributed by atoms with van der Waals surface area (Å²) in [5.74, 6) is -0.825. The van der Waals surface area contributed by atoms with Gasteiger partial charge in [-0.2, -0.15) is 0 Å². The molecule has 1 amide bonds. The van der Waals surface area contributed by atoms with Crippen LogP contribution >= 0.6 is 0 Å². The molecule has 1 aromatic carbocycles. The van der Waals surface area contributed by atoms with Crippen LogP contribution in [-0.4, -0.2) is 22.6 Å². The molecule has 1 heterocycles. The van der Waals surface area contributed by atoms with Crippen LogP contribution in [0.1, 0.15) is 22.4 Å². The van der Waals surface area contributed by atoms with Crippen molar-refractivity contribution >= 4 is 11.6 Å². The monoisotopic (exact) mass is 265 g/mol. The van der Waals surface area contributed by atoms with Crippen molar-refractivity contribution < 1.29 is 18.7 Å². The molecule has 6 nitrogen and oxygen atoms in total. The number of carbonyl (C=O) groups excluding carboxylic acids is 1. The van der Waals surface area contributed by atoms with E-state index in [1.807, 2.05) is 0 Å². The standard InChI is InChI=1S/C12H12FN3O3/c13-7-1-3-8(4-2-7)15-11(18)10-6-19-12(16-10)9(14)5-17/h1-4,6,9,17H,5,14H2,(H,15,18). The Hall–Kier alpha value is -2.25. The van der Waals surface area contributed by atoms with E-state index in [9.17, 15) is 9.18 Å². The summed E-state index contributed by atoms with van der Waals surface area (Å²) in [6.07, 6.45) is 1.14. The number of hydrogen-bond donors (Lipinski definition) is 3. The molecule has 0 bridgehead atoms. The van der Waals surface area contributed by atoms with Crippen molar-refractivity contribution in [2.24, 2.45) is 5.73 Å². The molecule has 0 spiro atoms. The number of aliphatic hydroxyl groups is 1. The van der Waals surface area contributed by atoms with E-state index in [1.165, 1.54) is 24.3 Å². The van der Waals surface area contributed by atoms with E-state index in [0.29, 0.717) is 5.69 Å². The summed E-state index contributed by atoms with van der Waals surface area (Å²) in [5.41, 5.74) is 5.96. The third kappa shape index (κ3) is 3.15. The van der Waals surface area contributed by atoms with E-state index < -0.39 is 17.8 Å². The predicted octanol–water partition coefficient (Wildman–Crippen LogP) is 1.06. The molecule has 0 saturated carbocycles. The first-order valence-electron chi connectivity index (χ1n) is 5.49. The van der Waals surface area contributed by atoms with Gasteiger partial charge in [0.1, 0.15) is 18.1 Å². The van der Waals surface area contributed by atoms with Crippen LogP contribution in [0.5, 0.6) is 0 Å². The zero-order valence-electron chi connectivity index (χ0n) is 9.84. The number of anilines is 1. The Kier molecular flexibility index (Phi) is 3.88. The van der Waals surface area contributed by atoms with Crippen LogP contribution in [0, 0.1) is 5.82 Å². The van der Waals surface area contributed by atoms with Crippen LogP contribution in [0.15, 0.2) is 34.9 Å². The van der Waals surface area contributed by atoms with Gasteiger partial charge in [-0.15, -0.1) is 0 Å². The summed E-state index contributed by atoms with van der Waals surface area (Å²) in [4.78, 5) is 15.6. The highest BCUT2D eigenvalue weighted by Gasteiger charge is 2.16. The minimum absolute atomic E-state index is 0.0308. The first-order valence-corrected chi connectivity index (χ1v) is 5.49. The first kappa shape index (κ1) is 13.2. The number of nitrogens with one attached hydrogen (secondary N) is 1. The molecule has 0 aliphatic heterocycles. The highest BCUT2D eigenvalue weighted by atomic mass is 19.1. The van der Waals surface area contributed by atoms with Crippen LogP contribution in [0.2, 0.25) is 0 Å². The number of aromatic nitrogens is 1. The summed E-state index contributed by atoms with van der Waals surface area (Å²) in [7, 11) is 0. The molecule has 0 aliphatic carbocycles. The van der Waals surface area contributed by atoms with Crippen LogP contribution < -0.4 is 11.1 Å². The lowest BCUT2D eigenvalue weighted by Gasteiger charge is -2.02. The Balaban J connectivity index is 2.07. The van der Waals surface area contributed by atoms with E-state index in [1.54, 1.807) is 0 Å². The highest BCUT2D eigenvalue weighted by Crippen LogP contribution is 2.13. The van der Waals surface area contributed by atoms with Gasteiger partial charge in [0.2, 0.25) is 5.89 Å². The predicted molar refractivity (Wildman–Crippen MR) is 64.9 cm³/mol. The fourth-order valence-corrected chi connectivity index (χ4v) is 1.37. The zero-order valence-corrected chi connectivity index (χ0v) is 9.84. The van der Waals surface area contributed by atoms with E-state index >= 15 is 0 Å². The van der Waals surface area contributed by atoms with Gasteiger partial charge in [0.25, 0.3) is 5.91 Å². The number of benzene rings is 1. The second-order valence-electron chi connectivity index (χ2n) is 3.82. The third-order valence-electron chi connectivity index (χ3n) is 2.37. The fourth-order valence-electron chi connectivity index (χ4n) is 1.37. The number of hydrogen-bond acceptors (Lipinski definition) is 5. The number of rotatable bonds is 4. The average Bonchev–Trinajstić information content (AvgIpc) is 2.90. The molecular formula is C12H12FN3O3. The topological polar surface area (TPSA) is 101 Å². The van der Waals surface area contributed by atoms with E-state index in [0.717, 1.165) is 6.26 Å². The number of carbonyl (C=O) groups is 1. The lowest BCUT2D eigenvalue weighted by molar-refractivity contribution is 0.102. The average molecular weight is 265 g/mol. The molecule has 1 atom stereocenters. The quantitative estimate of drug-likeness (QED) is 0.767. The molecule has 2 aromatic rings. The molecule has 0 fully saturated rings. The van der Waals surface area contributed by atoms with E-state index in [-0.39, 0.29) is 18.2 Å². The largest absolute Gasteiger partial charge is 0.446 e. The normalized spacial score (nSPS) is 12.2. The SMILES string of the molecule is NC(CO)c1nc(C(=O)Nc2ccc(F)cc2)co1. The highest BCUT2D eigenvalue weighted by molar-refractivity contribution is 6.02. The van der Waals surface area contributed by atoms with Crippen molar-refractivity contribution in [1.82, 2.24) is 4.98 Å². The molecule has 2 rings (SSSR count). The van der Waals surface area contributed by atoms with Crippen molar-refractivity contribution in [2.45, 2.75) is 6.04 Å². The van der Waals surface area contributed by atoms with E-state index in [2.05, 4.69) is 10.3 Å². The van der Waals surface area contributed by atoms with Gasteiger partial charge in [-0.1, -0.05) is 0 Å². The Morgan fingerprint density at radius 3 is 2.79 bits per heavy atom. The second kappa shape index (κ2) is 5.59. The number of nitrogens with two attached hydrogens (primary N) is 1. The number of amides is 1. The fraction of sp³-hybridized carbons (Fsp3) is 0.167. The van der Waals surface area contributed by atoms with Gasteiger partial charge in [-0.05, 0) is 24.3 Å². The molecule has 19 heavy (non-hydrogen) atoms. The third-order valence-corrected chi connectivity index (χ3v) is 2.37. The summed E-state index contributed by atoms with van der Waals surface area (Å²) in [5, 5.41) is 11.4. The molecule has 100 valence electrons. The maximum atomic E-state index is 12.7. The van der Waals surface area contributed by atoms with E-state index in [4.69, 9.17) is 15.3 Å². The van der Waals surface area contributed by atoms with Gasteiger partial charge in [0, 0.05) is 5.69 Å². The van der Waals surface area contributed by atoms with Gasteiger partial charge in [0.15, 0.2) is 5.69 Å². The van der Waals surface area contributed by atoms with Crippen LogP contribution in [-0.2, 0) is 0 Å². The Morgan fingerprint density at radius 2 is 2.16 bits per heavy atom. The minimum Gasteiger partial charge on any atom is -0.446 e. The van der Waals surface area contributed by atoms with Gasteiger partial charge in [-0.25, -0.2) is 9.37 Å². The van der Waals surface area contributed by atoms with Crippen molar-refractivity contribution in [3.8, 4) is 0 Å². The molecular weight excluding hydrogens is 253 g/mol. The summed E-state index contributed by atoms with van der Waals surface area (Å²) in [6.45, 7) is -0.334. The Bertz CT molecular complexity index is 568. The van der Waals surface area contributed by atoms with Crippen molar-refractivity contribution in [3.63, 3.8) is 0 Å². The number of nitrogens with zero attached hydrogens (tertiary/aromatic N) is 1. The maximum absolute atomic E-state index is 12.7. The van der Waals surface area contributed by atoms with Gasteiger partial charge in [-0.3, -0.25) is 4.79 Å². The van der Waals surface area contributed by atoms with Gasteiger partial charge >= 0.3 is 0 Å². The molecule has 0 aliphatic rings. The van der Waals surface area contributed by atoms with Crippen LogP contribution in [0.25, 0.3) is 0 Å². The Labute approximate surface area is 108 Å².